The van der Waals surface area contributed by atoms with Crippen molar-refractivity contribution in [2.75, 3.05) is 6.61 Å². The fourth-order valence-corrected chi connectivity index (χ4v) is 6.16. The minimum Gasteiger partial charge on any atom is -0.458 e. The number of benzene rings is 1. The maximum absolute atomic E-state index is 13.6. The average Bonchev–Trinajstić information content (AvgIpc) is 3.24. The van der Waals surface area contributed by atoms with E-state index in [0.29, 0.717) is 34.8 Å². The molecule has 2 aliphatic heterocycles. The highest BCUT2D eigenvalue weighted by Crippen LogP contribution is 2.46. The lowest BCUT2D eigenvalue weighted by Crippen LogP contribution is -2.44. The summed E-state index contributed by atoms with van der Waals surface area (Å²) in [6.45, 7) is 3.00. The van der Waals surface area contributed by atoms with Gasteiger partial charge in [0.05, 0.1) is 35.1 Å². The highest BCUT2D eigenvalue weighted by molar-refractivity contribution is 6.32. The first kappa shape index (κ1) is 23.1. The summed E-state index contributed by atoms with van der Waals surface area (Å²) >= 11 is 6.55. The first-order chi connectivity index (χ1) is 17.2. The third-order valence-electron chi connectivity index (χ3n) is 7.86. The van der Waals surface area contributed by atoms with Crippen molar-refractivity contribution >= 4 is 34.4 Å². The molecule has 0 fully saturated rings. The number of hydrogen-bond donors (Lipinski definition) is 3. The van der Waals surface area contributed by atoms with Crippen molar-refractivity contribution in [1.29, 1.82) is 0 Å². The van der Waals surface area contributed by atoms with E-state index in [4.69, 9.17) is 21.3 Å². The number of aryl methyl sites for hydroxylation is 1. The number of aromatic nitrogens is 2. The van der Waals surface area contributed by atoms with Crippen LogP contribution in [0.3, 0.4) is 0 Å². The minimum atomic E-state index is -1.92. The number of pyridine rings is 2. The van der Waals surface area contributed by atoms with Crippen molar-refractivity contribution in [3.63, 3.8) is 0 Å². The van der Waals surface area contributed by atoms with Gasteiger partial charge in [-0.25, -0.2) is 9.78 Å². The quantitative estimate of drug-likeness (QED) is 0.361. The van der Waals surface area contributed by atoms with Gasteiger partial charge in [-0.15, -0.1) is 0 Å². The molecule has 1 aliphatic carbocycles. The Morgan fingerprint density at radius 2 is 2.08 bits per heavy atom. The highest BCUT2D eigenvalue weighted by atomic mass is 35.5. The van der Waals surface area contributed by atoms with Crippen molar-refractivity contribution in [1.82, 2.24) is 14.9 Å². The van der Waals surface area contributed by atoms with Crippen LogP contribution in [-0.4, -0.2) is 38.2 Å². The number of nitrogens with zero attached hydrogens (tertiary/aromatic N) is 2. The molecule has 9 nitrogen and oxygen atoms in total. The van der Waals surface area contributed by atoms with Crippen LogP contribution in [0, 0.1) is 6.92 Å². The zero-order valence-corrected chi connectivity index (χ0v) is 20.5. The minimum absolute atomic E-state index is 0.0541. The number of halogens is 1. The number of amides is 1. The molecule has 1 aromatic carbocycles. The van der Waals surface area contributed by atoms with E-state index in [9.17, 15) is 24.6 Å². The van der Waals surface area contributed by atoms with Crippen LogP contribution in [0.1, 0.15) is 59.2 Å². The fraction of sp³-hybridized carbons (Fsp3) is 0.385. The molecule has 3 aliphatic rings. The van der Waals surface area contributed by atoms with Crippen LogP contribution in [0.25, 0.3) is 22.3 Å². The molecule has 4 heterocycles. The number of nitrogens with one attached hydrogen (secondary N) is 1. The molecule has 0 radical (unpaired) electrons. The van der Waals surface area contributed by atoms with Crippen LogP contribution >= 0.6 is 11.6 Å². The van der Waals surface area contributed by atoms with Gasteiger partial charge in [-0.2, -0.15) is 0 Å². The molecular formula is C26H24ClN3O6. The largest absolute Gasteiger partial charge is 0.458 e. The number of aliphatic hydroxyl groups is 2. The molecule has 0 spiro atoms. The van der Waals surface area contributed by atoms with E-state index in [0.717, 1.165) is 27.6 Å². The van der Waals surface area contributed by atoms with E-state index in [-0.39, 0.29) is 42.3 Å². The summed E-state index contributed by atoms with van der Waals surface area (Å²) in [5.41, 5.74) is 3.56. The smallest absolute Gasteiger partial charge is 0.343 e. The number of ether oxygens (including phenoxy) is 1. The summed E-state index contributed by atoms with van der Waals surface area (Å²) in [5.74, 6) is -1.26. The maximum Gasteiger partial charge on any atom is 0.343 e. The molecule has 36 heavy (non-hydrogen) atoms. The molecule has 2 aromatic heterocycles. The Morgan fingerprint density at radius 3 is 2.81 bits per heavy atom. The molecule has 186 valence electrons. The van der Waals surface area contributed by atoms with Crippen molar-refractivity contribution in [2.24, 2.45) is 0 Å². The molecule has 1 amide bonds. The van der Waals surface area contributed by atoms with E-state index in [1.54, 1.807) is 23.6 Å². The van der Waals surface area contributed by atoms with E-state index in [1.807, 2.05) is 6.92 Å². The molecular weight excluding hydrogens is 486 g/mol. The van der Waals surface area contributed by atoms with Gasteiger partial charge in [0.2, 0.25) is 5.91 Å². The number of esters is 1. The summed E-state index contributed by atoms with van der Waals surface area (Å²) < 4.78 is 6.74. The Labute approximate surface area is 210 Å². The van der Waals surface area contributed by atoms with Crippen LogP contribution in [0.15, 0.2) is 16.9 Å². The number of carbonyl (C=O) groups is 2. The Kier molecular flexibility index (Phi) is 5.06. The Hall–Kier alpha value is -3.27. The zero-order valence-electron chi connectivity index (χ0n) is 19.8. The van der Waals surface area contributed by atoms with Gasteiger partial charge in [-0.3, -0.25) is 9.59 Å². The van der Waals surface area contributed by atoms with Gasteiger partial charge in [-0.05, 0) is 55.0 Å². The highest BCUT2D eigenvalue weighted by Gasteiger charge is 2.46. The molecule has 0 saturated heterocycles. The van der Waals surface area contributed by atoms with Gasteiger partial charge >= 0.3 is 5.97 Å². The molecule has 2 atom stereocenters. The SMILES string of the molecule is CC[C@@]1(O)C(=O)OCc2c1cc1n(c2=O)Cc2c-1nc1cc(Cl)c(C)c3c1c2[C@H](NC(=O)CO)CC3. The van der Waals surface area contributed by atoms with Crippen molar-refractivity contribution < 1.29 is 24.5 Å². The summed E-state index contributed by atoms with van der Waals surface area (Å²) in [7, 11) is 0. The second-order valence-corrected chi connectivity index (χ2v) is 10.0. The van der Waals surface area contributed by atoms with Gasteiger partial charge in [0.1, 0.15) is 13.2 Å². The van der Waals surface area contributed by atoms with Gasteiger partial charge in [0.25, 0.3) is 5.56 Å². The van der Waals surface area contributed by atoms with Gasteiger partial charge < -0.3 is 24.8 Å². The molecule has 3 aromatic rings. The number of rotatable bonds is 3. The van der Waals surface area contributed by atoms with Crippen LogP contribution in [0.4, 0.5) is 0 Å². The molecule has 0 saturated carbocycles. The van der Waals surface area contributed by atoms with Gasteiger partial charge in [-0.1, -0.05) is 18.5 Å². The van der Waals surface area contributed by atoms with E-state index in [2.05, 4.69) is 5.32 Å². The summed E-state index contributed by atoms with van der Waals surface area (Å²) in [6, 6.07) is 3.07. The second-order valence-electron chi connectivity index (χ2n) is 9.63. The third kappa shape index (κ3) is 2.96. The van der Waals surface area contributed by atoms with Crippen LogP contribution in [0.2, 0.25) is 5.02 Å². The van der Waals surface area contributed by atoms with Crippen molar-refractivity contribution in [3.05, 3.63) is 60.9 Å². The molecule has 3 N–H and O–H groups in total. The number of fused-ring (bicyclic) bond motifs is 5. The topological polar surface area (TPSA) is 131 Å². The molecule has 0 bridgehead atoms. The first-order valence-electron chi connectivity index (χ1n) is 11.9. The van der Waals surface area contributed by atoms with Crippen LogP contribution < -0.4 is 10.9 Å². The predicted octanol–water partition coefficient (Wildman–Crippen LogP) is 2.14. The van der Waals surface area contributed by atoms with E-state index < -0.39 is 24.1 Å². The van der Waals surface area contributed by atoms with E-state index in [1.165, 1.54) is 0 Å². The predicted molar refractivity (Wildman–Crippen MR) is 131 cm³/mol. The normalized spacial score (nSPS) is 21.6. The third-order valence-corrected chi connectivity index (χ3v) is 8.25. The monoisotopic (exact) mass is 509 g/mol. The number of aliphatic hydroxyl groups excluding tert-OH is 1. The molecule has 6 rings (SSSR count). The standard InChI is InChI=1S/C26H24ClN3O6/c1-3-26(35)15-6-19-23-13(8-30(19)24(33)14(15)10-36-25(26)34)22-17(28-20(32)9-31)5-4-12-11(2)16(27)7-18(29-23)21(12)22/h6-7,17,31,35H,3-5,8-10H2,1-2H3,(H,28,32)/t17-,26+/m1/s1. The summed E-state index contributed by atoms with van der Waals surface area (Å²) in [5, 5.41) is 24.9. The number of cyclic esters (lactones) is 1. The van der Waals surface area contributed by atoms with Gasteiger partial charge in [0.15, 0.2) is 5.60 Å². The number of carbonyl (C=O) groups excluding carboxylic acids is 2. The van der Waals surface area contributed by atoms with Crippen molar-refractivity contribution in [2.45, 2.75) is 57.9 Å². The Morgan fingerprint density at radius 1 is 1.31 bits per heavy atom. The maximum atomic E-state index is 13.6. The average molecular weight is 510 g/mol. The van der Waals surface area contributed by atoms with Crippen LogP contribution in [0.5, 0.6) is 0 Å². The van der Waals surface area contributed by atoms with Crippen LogP contribution in [-0.2, 0) is 39.5 Å². The summed E-state index contributed by atoms with van der Waals surface area (Å²) in [6.07, 6.45) is 1.33. The molecule has 10 heteroatoms. The summed E-state index contributed by atoms with van der Waals surface area (Å²) in [4.78, 5) is 43.1. The van der Waals surface area contributed by atoms with E-state index >= 15 is 0 Å². The lowest BCUT2D eigenvalue weighted by Gasteiger charge is -2.31. The Balaban J connectivity index is 1.66. The first-order valence-corrected chi connectivity index (χ1v) is 12.3. The zero-order chi connectivity index (χ0) is 25.5. The lowest BCUT2D eigenvalue weighted by molar-refractivity contribution is -0.172. The fourth-order valence-electron chi connectivity index (χ4n) is 5.94. The number of hydrogen-bond acceptors (Lipinski definition) is 7. The van der Waals surface area contributed by atoms with Crippen molar-refractivity contribution in [3.8, 4) is 11.4 Å². The lowest BCUT2D eigenvalue weighted by atomic mass is 9.81. The Bertz CT molecular complexity index is 1580. The van der Waals surface area contributed by atoms with Gasteiger partial charge in [0, 0.05) is 21.5 Å². The second kappa shape index (κ2) is 7.86. The molecule has 0 unspecified atom stereocenters.